The van der Waals surface area contributed by atoms with Gasteiger partial charge in [0.1, 0.15) is 11.4 Å². The molecule has 6 heteroatoms. The van der Waals surface area contributed by atoms with Crippen molar-refractivity contribution in [1.29, 1.82) is 0 Å². The molecule has 0 radical (unpaired) electrons. The second kappa shape index (κ2) is 7.03. The quantitative estimate of drug-likeness (QED) is 0.522. The fourth-order valence-electron chi connectivity index (χ4n) is 1.88. The highest BCUT2D eigenvalue weighted by atomic mass is 16.6. The molecule has 0 aliphatic heterocycles. The van der Waals surface area contributed by atoms with Gasteiger partial charge in [-0.2, -0.15) is 0 Å². The van der Waals surface area contributed by atoms with Crippen molar-refractivity contribution in [2.75, 3.05) is 12.4 Å². The van der Waals surface area contributed by atoms with Gasteiger partial charge in [-0.15, -0.1) is 0 Å². The molecule has 0 saturated heterocycles. The van der Waals surface area contributed by atoms with E-state index in [2.05, 4.69) is 5.32 Å². The van der Waals surface area contributed by atoms with Crippen LogP contribution in [0.2, 0.25) is 0 Å². The second-order valence-corrected chi connectivity index (χ2v) is 4.34. The Bertz CT molecular complexity index is 726. The van der Waals surface area contributed by atoms with Crippen molar-refractivity contribution in [1.82, 2.24) is 0 Å². The molecule has 0 aliphatic rings. The lowest BCUT2D eigenvalue weighted by atomic mass is 10.2. The summed E-state index contributed by atoms with van der Waals surface area (Å²) in [5, 5.41) is 13.4. The van der Waals surface area contributed by atoms with Crippen molar-refractivity contribution in [3.63, 3.8) is 0 Å². The molecule has 6 nitrogen and oxygen atoms in total. The predicted molar refractivity (Wildman–Crippen MR) is 83.8 cm³/mol. The Labute approximate surface area is 127 Å². The van der Waals surface area contributed by atoms with Crippen molar-refractivity contribution < 1.29 is 14.5 Å². The van der Waals surface area contributed by atoms with E-state index < -0.39 is 10.8 Å². The average molecular weight is 298 g/mol. The summed E-state index contributed by atoms with van der Waals surface area (Å²) in [5.74, 6) is 0.178. The van der Waals surface area contributed by atoms with Crippen LogP contribution in [-0.2, 0) is 4.79 Å². The summed E-state index contributed by atoms with van der Waals surface area (Å²) < 4.78 is 5.17. The number of hydrogen-bond acceptors (Lipinski definition) is 4. The van der Waals surface area contributed by atoms with E-state index in [9.17, 15) is 14.9 Å². The van der Waals surface area contributed by atoms with Gasteiger partial charge in [-0.1, -0.05) is 30.3 Å². The minimum Gasteiger partial charge on any atom is -0.496 e. The Hall–Kier alpha value is -3.15. The fraction of sp³-hybridized carbons (Fsp3) is 0.0625. The van der Waals surface area contributed by atoms with Crippen LogP contribution in [-0.4, -0.2) is 17.9 Å². The van der Waals surface area contributed by atoms with Gasteiger partial charge in [0, 0.05) is 17.7 Å². The molecule has 0 saturated carbocycles. The number of benzene rings is 2. The Morgan fingerprint density at radius 2 is 1.86 bits per heavy atom. The standard InChI is InChI=1S/C16H14N2O4/c1-22-15-9-5-2-6-12(15)10-11-16(19)17-13-7-3-4-8-14(13)18(20)21/h2-11H,1H3,(H,17,19)/b11-10+. The van der Waals surface area contributed by atoms with Crippen LogP contribution < -0.4 is 10.1 Å². The van der Waals surface area contributed by atoms with Crippen LogP contribution in [0.25, 0.3) is 6.08 Å². The number of anilines is 1. The van der Waals surface area contributed by atoms with Gasteiger partial charge in [0.2, 0.25) is 5.91 Å². The molecule has 2 rings (SSSR count). The van der Waals surface area contributed by atoms with Gasteiger partial charge in [-0.05, 0) is 18.2 Å². The normalized spacial score (nSPS) is 10.4. The number of amides is 1. The van der Waals surface area contributed by atoms with Gasteiger partial charge in [0.05, 0.1) is 12.0 Å². The van der Waals surface area contributed by atoms with E-state index in [0.717, 1.165) is 5.56 Å². The number of carbonyl (C=O) groups is 1. The fourth-order valence-corrected chi connectivity index (χ4v) is 1.88. The third kappa shape index (κ3) is 3.69. The summed E-state index contributed by atoms with van der Waals surface area (Å²) in [7, 11) is 1.54. The molecule has 0 heterocycles. The number of para-hydroxylation sites is 3. The monoisotopic (exact) mass is 298 g/mol. The predicted octanol–water partition coefficient (Wildman–Crippen LogP) is 3.26. The van der Waals surface area contributed by atoms with Gasteiger partial charge in [0.25, 0.3) is 5.69 Å². The first kappa shape index (κ1) is 15.2. The third-order valence-electron chi connectivity index (χ3n) is 2.91. The first-order valence-corrected chi connectivity index (χ1v) is 6.47. The lowest BCUT2D eigenvalue weighted by molar-refractivity contribution is -0.383. The van der Waals surface area contributed by atoms with Crippen LogP contribution in [0.3, 0.4) is 0 Å². The number of rotatable bonds is 5. The molecule has 0 bridgehead atoms. The number of nitrogens with zero attached hydrogens (tertiary/aromatic N) is 1. The van der Waals surface area contributed by atoms with Crippen LogP contribution in [0.5, 0.6) is 5.75 Å². The van der Waals surface area contributed by atoms with E-state index in [0.29, 0.717) is 5.75 Å². The maximum absolute atomic E-state index is 11.9. The highest BCUT2D eigenvalue weighted by Crippen LogP contribution is 2.23. The van der Waals surface area contributed by atoms with E-state index >= 15 is 0 Å². The maximum Gasteiger partial charge on any atom is 0.292 e. The Kier molecular flexibility index (Phi) is 4.87. The van der Waals surface area contributed by atoms with Crippen molar-refractivity contribution in [3.8, 4) is 5.75 Å². The molecule has 1 N–H and O–H groups in total. The van der Waals surface area contributed by atoms with Crippen LogP contribution in [0.4, 0.5) is 11.4 Å². The van der Waals surface area contributed by atoms with Crippen molar-refractivity contribution >= 4 is 23.4 Å². The van der Waals surface area contributed by atoms with E-state index in [1.165, 1.54) is 18.2 Å². The van der Waals surface area contributed by atoms with Gasteiger partial charge in [0.15, 0.2) is 0 Å². The molecule has 0 atom stereocenters. The zero-order valence-corrected chi connectivity index (χ0v) is 11.9. The molecule has 22 heavy (non-hydrogen) atoms. The van der Waals surface area contributed by atoms with Crippen LogP contribution >= 0.6 is 0 Å². The van der Waals surface area contributed by atoms with Crippen LogP contribution in [0.1, 0.15) is 5.56 Å². The molecule has 2 aromatic carbocycles. The summed E-state index contributed by atoms with van der Waals surface area (Å²) in [6.45, 7) is 0. The van der Waals surface area contributed by atoms with E-state index in [4.69, 9.17) is 4.74 Å². The summed E-state index contributed by atoms with van der Waals surface area (Å²) in [6, 6.07) is 13.2. The number of methoxy groups -OCH3 is 1. The average Bonchev–Trinajstić information content (AvgIpc) is 2.53. The molecule has 0 fully saturated rings. The largest absolute Gasteiger partial charge is 0.496 e. The first-order chi connectivity index (χ1) is 10.6. The highest BCUT2D eigenvalue weighted by Gasteiger charge is 2.13. The van der Waals surface area contributed by atoms with Crippen molar-refractivity contribution in [3.05, 3.63) is 70.3 Å². The first-order valence-electron chi connectivity index (χ1n) is 6.47. The lowest BCUT2D eigenvalue weighted by Crippen LogP contribution is -2.09. The van der Waals surface area contributed by atoms with Crippen molar-refractivity contribution in [2.24, 2.45) is 0 Å². The van der Waals surface area contributed by atoms with E-state index in [1.54, 1.807) is 37.5 Å². The van der Waals surface area contributed by atoms with Gasteiger partial charge >= 0.3 is 0 Å². The summed E-state index contributed by atoms with van der Waals surface area (Å²) in [6.07, 6.45) is 2.89. The minimum atomic E-state index is -0.542. The summed E-state index contributed by atoms with van der Waals surface area (Å²) in [4.78, 5) is 22.2. The molecule has 0 spiro atoms. The molecular formula is C16H14N2O4. The molecule has 0 unspecified atom stereocenters. The zero-order chi connectivity index (χ0) is 15.9. The molecular weight excluding hydrogens is 284 g/mol. The Balaban J connectivity index is 2.14. The SMILES string of the molecule is COc1ccccc1/C=C/C(=O)Nc1ccccc1[N+](=O)[O-]. The molecule has 2 aromatic rings. The maximum atomic E-state index is 11.9. The Morgan fingerprint density at radius 1 is 1.18 bits per heavy atom. The van der Waals surface area contributed by atoms with Gasteiger partial charge < -0.3 is 10.1 Å². The molecule has 0 aromatic heterocycles. The third-order valence-corrected chi connectivity index (χ3v) is 2.91. The number of nitro benzene ring substituents is 1. The number of hydrogen-bond donors (Lipinski definition) is 1. The smallest absolute Gasteiger partial charge is 0.292 e. The number of carbonyl (C=O) groups excluding carboxylic acids is 1. The molecule has 112 valence electrons. The number of nitrogens with one attached hydrogen (secondary N) is 1. The van der Waals surface area contributed by atoms with Crippen molar-refractivity contribution in [2.45, 2.75) is 0 Å². The summed E-state index contributed by atoms with van der Waals surface area (Å²) in [5.41, 5.74) is 0.742. The number of ether oxygens (including phenoxy) is 1. The van der Waals surface area contributed by atoms with Crippen LogP contribution in [0.15, 0.2) is 54.6 Å². The number of nitro groups is 1. The lowest BCUT2D eigenvalue weighted by Gasteiger charge is -2.04. The molecule has 1 amide bonds. The van der Waals surface area contributed by atoms with Gasteiger partial charge in [-0.3, -0.25) is 14.9 Å². The van der Waals surface area contributed by atoms with E-state index in [-0.39, 0.29) is 11.4 Å². The second-order valence-electron chi connectivity index (χ2n) is 4.34. The minimum absolute atomic E-state index is 0.151. The Morgan fingerprint density at radius 3 is 2.59 bits per heavy atom. The van der Waals surface area contributed by atoms with Gasteiger partial charge in [-0.25, -0.2) is 0 Å². The summed E-state index contributed by atoms with van der Waals surface area (Å²) >= 11 is 0. The zero-order valence-electron chi connectivity index (χ0n) is 11.9. The topological polar surface area (TPSA) is 81.5 Å². The molecule has 0 aliphatic carbocycles. The highest BCUT2D eigenvalue weighted by molar-refractivity contribution is 6.03. The van der Waals surface area contributed by atoms with E-state index in [1.807, 2.05) is 12.1 Å². The van der Waals surface area contributed by atoms with Crippen LogP contribution in [0, 0.1) is 10.1 Å².